The number of hydrogen-bond acceptors (Lipinski definition) is 9. The van der Waals surface area contributed by atoms with E-state index in [1.807, 2.05) is 90.7 Å². The molecule has 9 heteroatoms. The van der Waals surface area contributed by atoms with E-state index < -0.39 is 0 Å². The lowest BCUT2D eigenvalue weighted by Crippen LogP contribution is -1.84. The Balaban J connectivity index is 0.898. The van der Waals surface area contributed by atoms with Crippen molar-refractivity contribution in [2.75, 3.05) is 5.75 Å². The summed E-state index contributed by atoms with van der Waals surface area (Å²) in [7, 11) is 0. The average molecular weight is 897 g/mol. The highest BCUT2D eigenvalue weighted by Crippen LogP contribution is 2.55. The molecule has 286 valence electrons. The van der Waals surface area contributed by atoms with Gasteiger partial charge < -0.3 is 0 Å². The van der Waals surface area contributed by atoms with E-state index in [1.165, 1.54) is 180 Å². The smallest absolute Gasteiger partial charge is 0.0642 e. The Kier molecular flexibility index (Phi) is 11.5. The second kappa shape index (κ2) is 16.9. The molecular weight excluding hydrogens is 853 g/mol. The summed E-state index contributed by atoms with van der Waals surface area (Å²) in [4.78, 5) is 10.1. The van der Waals surface area contributed by atoms with Crippen molar-refractivity contribution in [3.05, 3.63) is 78.4 Å². The normalized spacial score (nSPS) is 12.4. The Morgan fingerprint density at radius 3 is 1.45 bits per heavy atom. The van der Waals surface area contributed by atoms with Crippen LogP contribution in [0.1, 0.15) is 89.5 Å². The number of thiophene rings is 8. The van der Waals surface area contributed by atoms with Gasteiger partial charge in [-0.2, -0.15) is 0 Å². The summed E-state index contributed by atoms with van der Waals surface area (Å²) in [5.74, 6) is 1.20. The van der Waals surface area contributed by atoms with E-state index in [0.717, 1.165) is 0 Å². The number of thioether (sulfide) groups is 1. The van der Waals surface area contributed by atoms with Crippen LogP contribution in [-0.4, -0.2) is 5.75 Å². The van der Waals surface area contributed by atoms with Crippen molar-refractivity contribution in [3.63, 3.8) is 0 Å². The van der Waals surface area contributed by atoms with Gasteiger partial charge in [0.1, 0.15) is 0 Å². The number of unbranched alkanes of at least 4 members (excludes halogenated alkanes) is 11. The molecule has 0 N–H and O–H groups in total. The van der Waals surface area contributed by atoms with E-state index in [-0.39, 0.29) is 0 Å². The van der Waals surface area contributed by atoms with Gasteiger partial charge in [0.15, 0.2) is 0 Å². The van der Waals surface area contributed by atoms with Crippen LogP contribution in [0.15, 0.2) is 77.7 Å². The minimum absolute atomic E-state index is 1.20. The molecule has 10 aromatic rings. The summed E-state index contributed by atoms with van der Waals surface area (Å²) in [6, 6.07) is 27.8. The third kappa shape index (κ3) is 7.41. The van der Waals surface area contributed by atoms with Crippen LogP contribution in [0.3, 0.4) is 0 Å². The maximum Gasteiger partial charge on any atom is 0.0642 e. The number of fused-ring (bicyclic) bond motifs is 10. The van der Waals surface area contributed by atoms with Crippen LogP contribution in [0.2, 0.25) is 0 Å². The minimum atomic E-state index is 1.20. The fourth-order valence-electron chi connectivity index (χ4n) is 7.94. The molecule has 8 heterocycles. The standard InChI is InChI=1S/C47H44S9/c1-3-4-5-6-7-8-9-10-11-12-13-18-23-48-37-25-34(36-27-39-45(54-36)47-42(56-39)30-20-15-17-22-32(30)50-47)52-43(37)40-28(2)24-33(51-40)35-26-38-44(53-35)46-41(55-38)29-19-14-16-21-31(29)49-46/h14-17,19-22,24-27H,3-13,18,23H2,1-2H3. The fourth-order valence-corrected chi connectivity index (χ4v) is 20.3. The highest BCUT2D eigenvalue weighted by molar-refractivity contribution is 7.99. The molecule has 0 radical (unpaired) electrons. The first-order valence-electron chi connectivity index (χ1n) is 20.2. The van der Waals surface area contributed by atoms with Gasteiger partial charge in [-0.05, 0) is 61.1 Å². The first kappa shape index (κ1) is 38.2. The maximum absolute atomic E-state index is 2.54. The maximum atomic E-state index is 2.54. The molecule has 0 saturated carbocycles. The van der Waals surface area contributed by atoms with Crippen LogP contribution in [-0.2, 0) is 0 Å². The molecule has 0 amide bonds. The zero-order valence-corrected chi connectivity index (χ0v) is 39.1. The lowest BCUT2D eigenvalue weighted by atomic mass is 10.1. The summed E-state index contributed by atoms with van der Waals surface area (Å²) >= 11 is 18.0. The van der Waals surface area contributed by atoms with E-state index in [0.29, 0.717) is 0 Å². The number of benzene rings is 2. The van der Waals surface area contributed by atoms with Crippen molar-refractivity contribution in [2.24, 2.45) is 0 Å². The van der Waals surface area contributed by atoms with Crippen molar-refractivity contribution < 1.29 is 0 Å². The summed E-state index contributed by atoms with van der Waals surface area (Å²) in [6.45, 7) is 4.65. The van der Waals surface area contributed by atoms with Gasteiger partial charge in [-0.1, -0.05) is 114 Å². The molecule has 0 bridgehead atoms. The molecule has 10 rings (SSSR count). The first-order chi connectivity index (χ1) is 27.6. The SMILES string of the molecule is CCCCCCCCCCCCCCSc1cc(-c2cc3sc4c5ccccc5sc4c3s2)sc1-c1sc(-c2cc3sc4c5ccccc5sc4c3s2)cc1C. The van der Waals surface area contributed by atoms with E-state index in [1.54, 1.807) is 0 Å². The third-order valence-corrected chi connectivity index (χ3v) is 22.9. The van der Waals surface area contributed by atoms with Gasteiger partial charge in [-0.25, -0.2) is 0 Å². The molecule has 8 aromatic heterocycles. The van der Waals surface area contributed by atoms with E-state index in [9.17, 15) is 0 Å². The summed E-state index contributed by atoms with van der Waals surface area (Å²) in [6.07, 6.45) is 16.8. The van der Waals surface area contributed by atoms with Gasteiger partial charge in [-0.3, -0.25) is 0 Å². The van der Waals surface area contributed by atoms with Gasteiger partial charge in [0.25, 0.3) is 0 Å². The Bertz CT molecular complexity index is 2920. The topological polar surface area (TPSA) is 0 Å². The van der Waals surface area contributed by atoms with Crippen LogP contribution < -0.4 is 0 Å². The summed E-state index contributed by atoms with van der Waals surface area (Å²) < 4.78 is 14.5. The van der Waals surface area contributed by atoms with E-state index >= 15 is 0 Å². The molecule has 0 unspecified atom stereocenters. The Morgan fingerprint density at radius 1 is 0.411 bits per heavy atom. The van der Waals surface area contributed by atoms with Gasteiger partial charge in [-0.15, -0.1) is 102 Å². The van der Waals surface area contributed by atoms with Crippen LogP contribution in [0.25, 0.3) is 87.0 Å². The fraction of sp³-hybridized carbons (Fsp3) is 0.319. The lowest BCUT2D eigenvalue weighted by Gasteiger charge is -2.04. The highest BCUT2D eigenvalue weighted by atomic mass is 32.2. The molecule has 0 aliphatic carbocycles. The molecule has 0 aliphatic rings. The predicted molar refractivity (Wildman–Crippen MR) is 267 cm³/mol. The highest BCUT2D eigenvalue weighted by Gasteiger charge is 2.22. The van der Waals surface area contributed by atoms with Gasteiger partial charge in [0, 0.05) is 58.9 Å². The molecule has 0 nitrogen and oxygen atoms in total. The molecule has 2 aromatic carbocycles. The quantitative estimate of drug-likeness (QED) is 0.0648. The second-order valence-electron chi connectivity index (χ2n) is 15.0. The Morgan fingerprint density at radius 2 is 0.875 bits per heavy atom. The minimum Gasteiger partial charge on any atom is -0.133 e. The zero-order chi connectivity index (χ0) is 37.6. The molecule has 0 spiro atoms. The van der Waals surface area contributed by atoms with Crippen molar-refractivity contribution in [1.82, 2.24) is 0 Å². The number of hydrogen-bond donors (Lipinski definition) is 0. The van der Waals surface area contributed by atoms with Crippen molar-refractivity contribution in [1.29, 1.82) is 0 Å². The van der Waals surface area contributed by atoms with Crippen molar-refractivity contribution in [2.45, 2.75) is 95.8 Å². The van der Waals surface area contributed by atoms with Crippen LogP contribution >= 0.6 is 102 Å². The predicted octanol–water partition coefficient (Wildman–Crippen LogP) is 20.2. The zero-order valence-electron chi connectivity index (χ0n) is 31.8. The molecule has 56 heavy (non-hydrogen) atoms. The Labute approximate surface area is 365 Å². The average Bonchev–Trinajstić information content (AvgIpc) is 4.07. The van der Waals surface area contributed by atoms with E-state index in [2.05, 4.69) is 98.4 Å². The summed E-state index contributed by atoms with van der Waals surface area (Å²) in [5, 5.41) is 2.83. The molecular formula is C47H44S9. The van der Waals surface area contributed by atoms with Gasteiger partial charge >= 0.3 is 0 Å². The van der Waals surface area contributed by atoms with Crippen LogP contribution in [0.5, 0.6) is 0 Å². The third-order valence-electron chi connectivity index (χ3n) is 10.9. The van der Waals surface area contributed by atoms with E-state index in [4.69, 9.17) is 0 Å². The summed E-state index contributed by atoms with van der Waals surface area (Å²) in [5.41, 5.74) is 1.41. The van der Waals surface area contributed by atoms with Crippen molar-refractivity contribution >= 4 is 160 Å². The number of aryl methyl sites for hydroxylation is 1. The van der Waals surface area contributed by atoms with Crippen molar-refractivity contribution in [3.8, 4) is 29.3 Å². The molecule has 0 saturated heterocycles. The second-order valence-corrected chi connectivity index (χ2v) is 24.5. The largest absolute Gasteiger partial charge is 0.133 e. The molecule has 0 fully saturated rings. The number of rotatable bonds is 17. The van der Waals surface area contributed by atoms with Gasteiger partial charge in [0.05, 0.1) is 33.1 Å². The first-order valence-corrected chi connectivity index (χ1v) is 27.7. The van der Waals surface area contributed by atoms with Crippen LogP contribution in [0.4, 0.5) is 0 Å². The monoisotopic (exact) mass is 896 g/mol. The van der Waals surface area contributed by atoms with Gasteiger partial charge in [0.2, 0.25) is 0 Å². The molecule has 0 atom stereocenters. The lowest BCUT2D eigenvalue weighted by molar-refractivity contribution is 0.548. The Hall–Kier alpha value is -2.05. The van der Waals surface area contributed by atoms with Crippen LogP contribution in [0, 0.1) is 6.92 Å². The molecule has 0 aliphatic heterocycles.